The molecule has 10 heteroatoms. The van der Waals surface area contributed by atoms with Crippen LogP contribution in [-0.4, -0.2) is 28.8 Å². The maximum atomic E-state index is 12.1. The first-order chi connectivity index (χ1) is 13.7. The molecule has 0 saturated carbocycles. The Kier molecular flexibility index (Phi) is 5.92. The molecule has 0 unspecified atom stereocenters. The molecule has 0 radical (unpaired) electrons. The summed E-state index contributed by atoms with van der Waals surface area (Å²) in [5, 5.41) is 9.60. The maximum absolute atomic E-state index is 12.1. The van der Waals surface area contributed by atoms with E-state index in [0.717, 1.165) is 29.0 Å². The Morgan fingerprint density at radius 2 is 1.66 bits per heavy atom. The van der Waals surface area contributed by atoms with E-state index in [4.69, 9.17) is 4.74 Å². The first-order valence-electron chi connectivity index (χ1n) is 8.21. The molecular formula is C19H14F3NO5S. The Morgan fingerprint density at radius 3 is 2.21 bits per heavy atom. The number of hydrogen-bond acceptors (Lipinski definition) is 6. The molecule has 0 amide bonds. The molecule has 1 aromatic heterocycles. The Bertz CT molecular complexity index is 1040. The zero-order valence-electron chi connectivity index (χ0n) is 14.7. The number of Topliss-reactive ketones (excluding diaryl/α,β-unsaturated/α-hetero) is 1. The van der Waals surface area contributed by atoms with Crippen LogP contribution < -0.4 is 14.3 Å². The zero-order chi connectivity index (χ0) is 21.0. The minimum Gasteiger partial charge on any atom is -0.494 e. The minimum atomic E-state index is -4.79. The lowest BCUT2D eigenvalue weighted by molar-refractivity contribution is -0.274. The van der Waals surface area contributed by atoms with Crippen LogP contribution in [0.2, 0.25) is 0 Å². The van der Waals surface area contributed by atoms with Crippen LogP contribution >= 0.6 is 11.3 Å². The van der Waals surface area contributed by atoms with Crippen molar-refractivity contribution in [3.63, 3.8) is 0 Å². The predicted molar refractivity (Wildman–Crippen MR) is 98.8 cm³/mol. The van der Waals surface area contributed by atoms with Gasteiger partial charge < -0.3 is 14.6 Å². The van der Waals surface area contributed by atoms with Crippen molar-refractivity contribution in [2.75, 3.05) is 6.61 Å². The summed E-state index contributed by atoms with van der Waals surface area (Å²) in [6.45, 7) is -0.293. The smallest absolute Gasteiger partial charge is 0.494 e. The average molecular weight is 425 g/mol. The number of hydrogen-bond donors (Lipinski definition) is 2. The first-order valence-corrected chi connectivity index (χ1v) is 9.03. The van der Waals surface area contributed by atoms with Crippen molar-refractivity contribution in [2.45, 2.75) is 12.8 Å². The van der Waals surface area contributed by atoms with Crippen LogP contribution in [0.5, 0.6) is 17.4 Å². The number of carbonyl (C=O) groups excluding carboxylic acids is 1. The average Bonchev–Trinajstić information content (AvgIpc) is 2.97. The van der Waals surface area contributed by atoms with E-state index >= 15 is 0 Å². The van der Waals surface area contributed by atoms with Gasteiger partial charge in [0.2, 0.25) is 5.88 Å². The molecule has 0 saturated heterocycles. The first kappa shape index (κ1) is 20.5. The molecule has 0 aliphatic carbocycles. The largest absolute Gasteiger partial charge is 0.573 e. The molecule has 152 valence electrons. The summed E-state index contributed by atoms with van der Waals surface area (Å²) >= 11 is 0.921. The van der Waals surface area contributed by atoms with Gasteiger partial charge in [-0.1, -0.05) is 23.5 Å². The van der Waals surface area contributed by atoms with E-state index in [-0.39, 0.29) is 22.9 Å². The van der Waals surface area contributed by atoms with Crippen molar-refractivity contribution < 1.29 is 32.5 Å². The zero-order valence-corrected chi connectivity index (χ0v) is 15.5. The number of aromatic hydroxyl groups is 1. The SMILES string of the molecule is O=C(COc1ccc(Cc2sc(=O)[nH]c2O)cc1)c1ccc(OC(F)(F)F)cc1. The number of alkyl halides is 3. The van der Waals surface area contributed by atoms with Crippen LogP contribution in [0.1, 0.15) is 20.8 Å². The highest BCUT2D eigenvalue weighted by Crippen LogP contribution is 2.24. The van der Waals surface area contributed by atoms with E-state index < -0.39 is 17.9 Å². The molecule has 2 aromatic carbocycles. The molecule has 0 aliphatic rings. The van der Waals surface area contributed by atoms with Gasteiger partial charge in [-0.2, -0.15) is 0 Å². The minimum absolute atomic E-state index is 0.155. The number of thiazole rings is 1. The summed E-state index contributed by atoms with van der Waals surface area (Å²) in [6.07, 6.45) is -4.43. The van der Waals surface area contributed by atoms with Gasteiger partial charge >= 0.3 is 11.2 Å². The van der Waals surface area contributed by atoms with Crippen molar-refractivity contribution in [3.05, 3.63) is 74.2 Å². The van der Waals surface area contributed by atoms with Crippen molar-refractivity contribution >= 4 is 17.1 Å². The van der Waals surface area contributed by atoms with Crippen LogP contribution in [0.25, 0.3) is 0 Å². The molecule has 1 heterocycles. The summed E-state index contributed by atoms with van der Waals surface area (Å²) in [5.74, 6) is -0.554. The number of halogens is 3. The van der Waals surface area contributed by atoms with Crippen molar-refractivity contribution in [3.8, 4) is 17.4 Å². The lowest BCUT2D eigenvalue weighted by atomic mass is 10.1. The summed E-state index contributed by atoms with van der Waals surface area (Å²) in [5.41, 5.74) is 1.02. The van der Waals surface area contributed by atoms with Gasteiger partial charge in [-0.05, 0) is 42.0 Å². The van der Waals surface area contributed by atoms with Crippen molar-refractivity contribution in [1.29, 1.82) is 0 Å². The number of benzene rings is 2. The van der Waals surface area contributed by atoms with Gasteiger partial charge in [-0.15, -0.1) is 13.2 Å². The Morgan fingerprint density at radius 1 is 1.03 bits per heavy atom. The standard InChI is InChI=1S/C19H14F3NO5S/c20-19(21,22)28-14-7-3-12(4-8-14)15(24)10-27-13-5-1-11(2-6-13)9-16-17(25)23-18(26)29-16/h1-8,25H,9-10H2,(H,23,26). The number of rotatable bonds is 7. The van der Waals surface area contributed by atoms with E-state index in [0.29, 0.717) is 17.0 Å². The van der Waals surface area contributed by atoms with E-state index in [2.05, 4.69) is 9.72 Å². The number of aromatic nitrogens is 1. The highest BCUT2D eigenvalue weighted by Gasteiger charge is 2.31. The molecule has 0 fully saturated rings. The third-order valence-corrected chi connectivity index (χ3v) is 4.64. The van der Waals surface area contributed by atoms with E-state index in [1.54, 1.807) is 24.3 Å². The van der Waals surface area contributed by atoms with Crippen molar-refractivity contribution in [1.82, 2.24) is 4.98 Å². The summed E-state index contributed by atoms with van der Waals surface area (Å²) in [6, 6.07) is 11.3. The topological polar surface area (TPSA) is 88.6 Å². The van der Waals surface area contributed by atoms with E-state index in [1.807, 2.05) is 0 Å². The second kappa shape index (κ2) is 8.39. The molecule has 0 atom stereocenters. The fourth-order valence-electron chi connectivity index (χ4n) is 2.44. The van der Waals surface area contributed by atoms with E-state index in [9.17, 15) is 27.9 Å². The summed E-state index contributed by atoms with van der Waals surface area (Å²) < 4.78 is 45.6. The third kappa shape index (κ3) is 5.85. The lowest BCUT2D eigenvalue weighted by Gasteiger charge is -2.09. The quantitative estimate of drug-likeness (QED) is 0.561. The molecule has 0 spiro atoms. The second-order valence-corrected chi connectivity index (χ2v) is 6.96. The molecule has 3 aromatic rings. The van der Waals surface area contributed by atoms with Crippen LogP contribution in [0.15, 0.2) is 53.3 Å². The third-order valence-electron chi connectivity index (χ3n) is 3.77. The van der Waals surface area contributed by atoms with Crippen LogP contribution in [0.4, 0.5) is 13.2 Å². The Balaban J connectivity index is 1.55. The van der Waals surface area contributed by atoms with Crippen molar-refractivity contribution in [2.24, 2.45) is 0 Å². The molecule has 0 aliphatic heterocycles. The van der Waals surface area contributed by atoms with Gasteiger partial charge in [0, 0.05) is 12.0 Å². The number of ketones is 1. The number of aromatic amines is 1. The van der Waals surface area contributed by atoms with Gasteiger partial charge in [0.25, 0.3) is 0 Å². The number of carbonyl (C=O) groups is 1. The number of ether oxygens (including phenoxy) is 2. The molecule has 29 heavy (non-hydrogen) atoms. The Labute approximate surface area is 166 Å². The molecule has 3 rings (SSSR count). The Hall–Kier alpha value is -3.27. The van der Waals surface area contributed by atoms with Crippen LogP contribution in [-0.2, 0) is 6.42 Å². The summed E-state index contributed by atoms with van der Waals surface area (Å²) in [7, 11) is 0. The van der Waals surface area contributed by atoms with Crippen LogP contribution in [0, 0.1) is 0 Å². The second-order valence-electron chi connectivity index (χ2n) is 5.89. The van der Waals surface area contributed by atoms with Gasteiger partial charge in [0.1, 0.15) is 11.5 Å². The van der Waals surface area contributed by atoms with Gasteiger partial charge in [0.05, 0.1) is 4.88 Å². The predicted octanol–water partition coefficient (Wildman–Crippen LogP) is 3.89. The number of nitrogens with one attached hydrogen (secondary N) is 1. The highest BCUT2D eigenvalue weighted by atomic mass is 32.1. The van der Waals surface area contributed by atoms with Gasteiger partial charge in [-0.25, -0.2) is 0 Å². The molecular weight excluding hydrogens is 411 g/mol. The normalized spacial score (nSPS) is 11.3. The fraction of sp³-hybridized carbons (Fsp3) is 0.158. The highest BCUT2D eigenvalue weighted by molar-refractivity contribution is 7.09. The molecule has 6 nitrogen and oxygen atoms in total. The van der Waals surface area contributed by atoms with E-state index in [1.165, 1.54) is 12.1 Å². The van der Waals surface area contributed by atoms with Gasteiger partial charge in [-0.3, -0.25) is 14.6 Å². The summed E-state index contributed by atoms with van der Waals surface area (Å²) in [4.78, 5) is 25.8. The monoisotopic (exact) mass is 425 g/mol. The maximum Gasteiger partial charge on any atom is 0.573 e. The van der Waals surface area contributed by atoms with Crippen LogP contribution in [0.3, 0.4) is 0 Å². The van der Waals surface area contributed by atoms with Gasteiger partial charge in [0.15, 0.2) is 12.4 Å². The fourth-order valence-corrected chi connectivity index (χ4v) is 3.19. The number of H-pyrrole nitrogens is 1. The lowest BCUT2D eigenvalue weighted by Crippen LogP contribution is -2.17. The molecule has 2 N–H and O–H groups in total. The molecule has 0 bridgehead atoms.